The highest BCUT2D eigenvalue weighted by atomic mass is 16.5. The molecule has 28 heavy (non-hydrogen) atoms. The number of hydrogen-bond donors (Lipinski definition) is 5. The molecule has 0 amide bonds. The van der Waals surface area contributed by atoms with Gasteiger partial charge in [0.2, 0.25) is 0 Å². The van der Waals surface area contributed by atoms with Gasteiger partial charge in [0.25, 0.3) is 5.56 Å². The van der Waals surface area contributed by atoms with E-state index in [0.29, 0.717) is 29.0 Å². The first-order chi connectivity index (χ1) is 13.3. The number of carboxylic acid groups (broad SMARTS) is 1. The van der Waals surface area contributed by atoms with Gasteiger partial charge in [-0.25, -0.2) is 9.78 Å². The predicted molar refractivity (Wildman–Crippen MR) is 107 cm³/mol. The number of aromatic nitrogens is 2. The van der Waals surface area contributed by atoms with E-state index in [1.165, 1.54) is 12.1 Å². The van der Waals surface area contributed by atoms with E-state index in [4.69, 9.17) is 21.9 Å². The van der Waals surface area contributed by atoms with Crippen molar-refractivity contribution in [2.75, 3.05) is 23.8 Å². The number of aromatic carboxylic acids is 1. The Morgan fingerprint density at radius 3 is 2.46 bits per heavy atom. The summed E-state index contributed by atoms with van der Waals surface area (Å²) in [7, 11) is 0. The molecule has 9 nitrogen and oxygen atoms in total. The third-order valence-electron chi connectivity index (χ3n) is 4.14. The first kappa shape index (κ1) is 18.8. The molecule has 1 heterocycles. The number of H-pyrrole nitrogens is 1. The van der Waals surface area contributed by atoms with Crippen LogP contribution in [0.1, 0.15) is 17.3 Å². The molecular weight excluding hydrogens is 362 g/mol. The smallest absolute Gasteiger partial charge is 0.337 e. The minimum Gasteiger partial charge on any atom is -0.493 e. The van der Waals surface area contributed by atoms with Gasteiger partial charge in [0.05, 0.1) is 17.7 Å². The summed E-state index contributed by atoms with van der Waals surface area (Å²) in [4.78, 5) is 29.9. The molecule has 9 heteroatoms. The summed E-state index contributed by atoms with van der Waals surface area (Å²) in [6.45, 7) is 2.18. The van der Waals surface area contributed by atoms with Crippen LogP contribution in [0, 0.1) is 0 Å². The van der Waals surface area contributed by atoms with Gasteiger partial charge in [0, 0.05) is 5.69 Å². The molecule has 1 aromatic heterocycles. The molecule has 0 bridgehead atoms. The van der Waals surface area contributed by atoms with E-state index in [-0.39, 0.29) is 28.6 Å². The zero-order valence-corrected chi connectivity index (χ0v) is 15.0. The molecule has 3 aromatic rings. The predicted octanol–water partition coefficient (Wildman–Crippen LogP) is 1.95. The number of carboxylic acids is 1. The number of ether oxygens (including phenoxy) is 1. The van der Waals surface area contributed by atoms with E-state index in [2.05, 4.69) is 9.97 Å². The number of carbonyl (C=O) groups is 1. The molecule has 3 rings (SSSR count). The maximum Gasteiger partial charge on any atom is 0.337 e. The molecule has 0 radical (unpaired) electrons. The highest BCUT2D eigenvalue weighted by Gasteiger charge is 2.15. The molecule has 0 atom stereocenters. The van der Waals surface area contributed by atoms with Crippen LogP contribution in [0.4, 0.5) is 17.2 Å². The van der Waals surface area contributed by atoms with Crippen LogP contribution < -0.4 is 27.5 Å². The Bertz CT molecular complexity index is 1120. The lowest BCUT2D eigenvalue weighted by Gasteiger charge is -2.13. The molecule has 2 aromatic carbocycles. The molecule has 0 aliphatic rings. The van der Waals surface area contributed by atoms with Crippen LogP contribution in [0.15, 0.2) is 41.2 Å². The Labute approximate surface area is 159 Å². The SMILES string of the molecule is CCOc1cc(-c2ccc(N)c(C(=O)O)c2)ccc1-c1nc(N)c(N)c(=O)[nH]1. The Hall–Kier alpha value is -4.01. The van der Waals surface area contributed by atoms with E-state index in [9.17, 15) is 14.7 Å². The normalized spacial score (nSPS) is 10.6. The second-order valence-electron chi connectivity index (χ2n) is 5.96. The second-order valence-corrected chi connectivity index (χ2v) is 5.96. The van der Waals surface area contributed by atoms with Gasteiger partial charge in [-0.2, -0.15) is 0 Å². The number of aromatic amines is 1. The molecule has 0 fully saturated rings. The lowest BCUT2D eigenvalue weighted by Crippen LogP contribution is -2.17. The summed E-state index contributed by atoms with van der Waals surface area (Å²) >= 11 is 0. The number of hydrogen-bond acceptors (Lipinski definition) is 7. The Balaban J connectivity index is 2.14. The summed E-state index contributed by atoms with van der Waals surface area (Å²) in [6.07, 6.45) is 0. The third-order valence-corrected chi connectivity index (χ3v) is 4.14. The number of benzene rings is 2. The van der Waals surface area contributed by atoms with Crippen LogP contribution in [0.3, 0.4) is 0 Å². The fraction of sp³-hybridized carbons (Fsp3) is 0.105. The number of nitrogens with one attached hydrogen (secondary N) is 1. The average Bonchev–Trinajstić information content (AvgIpc) is 2.66. The standard InChI is InChI=1S/C19H19N5O4/c1-2-28-14-8-10(9-4-6-13(20)12(7-9)19(26)27)3-5-11(14)17-23-16(22)15(21)18(25)24-17/h3-8H,2,20-21H2,1H3,(H,26,27)(H3,22,23,24,25). The molecule has 144 valence electrons. The van der Waals surface area contributed by atoms with Crippen LogP contribution in [-0.2, 0) is 0 Å². The maximum absolute atomic E-state index is 11.9. The van der Waals surface area contributed by atoms with E-state index < -0.39 is 11.5 Å². The Morgan fingerprint density at radius 1 is 1.14 bits per heavy atom. The first-order valence-electron chi connectivity index (χ1n) is 8.37. The van der Waals surface area contributed by atoms with Crippen molar-refractivity contribution in [3.63, 3.8) is 0 Å². The number of nitrogens with two attached hydrogens (primary N) is 3. The molecular formula is C19H19N5O4. The molecule has 0 saturated heterocycles. The Kier molecular flexibility index (Phi) is 4.90. The molecule has 0 aliphatic carbocycles. The molecule has 0 aliphatic heterocycles. The average molecular weight is 381 g/mol. The highest BCUT2D eigenvalue weighted by Crippen LogP contribution is 2.34. The highest BCUT2D eigenvalue weighted by molar-refractivity contribution is 5.95. The van der Waals surface area contributed by atoms with E-state index in [1.54, 1.807) is 24.3 Å². The number of nitrogens with zero attached hydrogens (tertiary/aromatic N) is 1. The number of nitrogen functional groups attached to an aromatic ring is 3. The van der Waals surface area contributed by atoms with Gasteiger partial charge in [-0.1, -0.05) is 12.1 Å². The van der Waals surface area contributed by atoms with Gasteiger partial charge in [-0.3, -0.25) is 4.79 Å². The summed E-state index contributed by atoms with van der Waals surface area (Å²) in [5, 5.41) is 9.27. The van der Waals surface area contributed by atoms with Gasteiger partial charge >= 0.3 is 5.97 Å². The van der Waals surface area contributed by atoms with Crippen LogP contribution in [0.25, 0.3) is 22.5 Å². The molecule has 0 spiro atoms. The van der Waals surface area contributed by atoms with Crippen molar-refractivity contribution in [1.82, 2.24) is 9.97 Å². The Morgan fingerprint density at radius 2 is 1.82 bits per heavy atom. The summed E-state index contributed by atoms with van der Waals surface area (Å²) in [5.74, 6) is -0.522. The van der Waals surface area contributed by atoms with Gasteiger partial charge in [0.15, 0.2) is 5.82 Å². The second kappa shape index (κ2) is 7.31. The molecule has 0 unspecified atom stereocenters. The summed E-state index contributed by atoms with van der Waals surface area (Å²) in [5.41, 5.74) is 18.3. The monoisotopic (exact) mass is 381 g/mol. The van der Waals surface area contributed by atoms with Gasteiger partial charge in [-0.05, 0) is 42.3 Å². The fourth-order valence-corrected chi connectivity index (χ4v) is 2.72. The first-order valence-corrected chi connectivity index (χ1v) is 8.37. The maximum atomic E-state index is 11.9. The van der Waals surface area contributed by atoms with Crippen molar-refractivity contribution in [2.45, 2.75) is 6.92 Å². The number of rotatable bonds is 5. The van der Waals surface area contributed by atoms with Gasteiger partial charge < -0.3 is 32.0 Å². The lowest BCUT2D eigenvalue weighted by molar-refractivity contribution is 0.0698. The van der Waals surface area contributed by atoms with Crippen molar-refractivity contribution >= 4 is 23.2 Å². The van der Waals surface area contributed by atoms with Crippen molar-refractivity contribution in [2.24, 2.45) is 0 Å². The quantitative estimate of drug-likeness (QED) is 0.417. The van der Waals surface area contributed by atoms with Crippen LogP contribution >= 0.6 is 0 Å². The van der Waals surface area contributed by atoms with Crippen molar-refractivity contribution in [1.29, 1.82) is 0 Å². The van der Waals surface area contributed by atoms with Crippen LogP contribution in [0.2, 0.25) is 0 Å². The minimum absolute atomic E-state index is 0.0110. The zero-order valence-electron chi connectivity index (χ0n) is 15.0. The topological polar surface area (TPSA) is 170 Å². The van der Waals surface area contributed by atoms with Crippen molar-refractivity contribution in [3.8, 4) is 28.3 Å². The van der Waals surface area contributed by atoms with Gasteiger partial charge in [-0.15, -0.1) is 0 Å². The third kappa shape index (κ3) is 3.45. The van der Waals surface area contributed by atoms with Crippen LogP contribution in [-0.4, -0.2) is 27.7 Å². The van der Waals surface area contributed by atoms with Crippen molar-refractivity contribution < 1.29 is 14.6 Å². The molecule has 8 N–H and O–H groups in total. The summed E-state index contributed by atoms with van der Waals surface area (Å²) in [6, 6.07) is 9.92. The summed E-state index contributed by atoms with van der Waals surface area (Å²) < 4.78 is 5.69. The lowest BCUT2D eigenvalue weighted by atomic mass is 10.00. The van der Waals surface area contributed by atoms with Crippen LogP contribution in [0.5, 0.6) is 5.75 Å². The van der Waals surface area contributed by atoms with Gasteiger partial charge in [0.1, 0.15) is 17.3 Å². The minimum atomic E-state index is -1.11. The van der Waals surface area contributed by atoms with E-state index >= 15 is 0 Å². The number of anilines is 3. The fourth-order valence-electron chi connectivity index (χ4n) is 2.72. The molecule has 0 saturated carbocycles. The largest absolute Gasteiger partial charge is 0.493 e. The van der Waals surface area contributed by atoms with E-state index in [0.717, 1.165) is 0 Å². The zero-order chi connectivity index (χ0) is 20.4. The van der Waals surface area contributed by atoms with E-state index in [1.807, 2.05) is 6.92 Å². The van der Waals surface area contributed by atoms with Crippen molar-refractivity contribution in [3.05, 3.63) is 52.3 Å².